The smallest absolute Gasteiger partial charge is 0.337 e. The Morgan fingerprint density at radius 2 is 1.75 bits per heavy atom. The molecule has 0 amide bonds. The number of methoxy groups -OCH3 is 1. The number of hydrogen-bond donors (Lipinski definition) is 0. The monoisotopic (exact) mass is 400 g/mol. The van der Waals surface area contributed by atoms with Crippen molar-refractivity contribution < 1.29 is 23.7 Å². The van der Waals surface area contributed by atoms with Gasteiger partial charge in [0.05, 0.1) is 18.3 Å². The largest absolute Gasteiger partial charge is 0.465 e. The topological polar surface area (TPSA) is 61.8 Å². The van der Waals surface area contributed by atoms with Crippen LogP contribution >= 0.6 is 9.24 Å². The highest BCUT2D eigenvalue weighted by Crippen LogP contribution is 2.33. The van der Waals surface area contributed by atoms with Crippen LogP contribution in [0.1, 0.15) is 48.4 Å². The van der Waals surface area contributed by atoms with E-state index in [4.69, 9.17) is 14.1 Å². The number of carbonyl (C=O) groups excluding carboxylic acids is 2. The number of ether oxygens (including phenoxy) is 2. The van der Waals surface area contributed by atoms with E-state index in [1.54, 1.807) is 42.5 Å². The molecule has 0 radical (unpaired) electrons. The summed E-state index contributed by atoms with van der Waals surface area (Å²) < 4.78 is 16.7. The number of rotatable bonds is 8. The molecular formula is C21H26BO5P. The molecule has 2 aromatic rings. The summed E-state index contributed by atoms with van der Waals surface area (Å²) in [5.74, 6) is 0.618. The zero-order chi connectivity index (χ0) is 20.9. The van der Waals surface area contributed by atoms with Crippen molar-refractivity contribution in [1.29, 1.82) is 0 Å². The fourth-order valence-corrected chi connectivity index (χ4v) is 2.35. The van der Waals surface area contributed by atoms with Gasteiger partial charge in [-0.25, -0.2) is 4.79 Å². The van der Waals surface area contributed by atoms with Crippen LogP contribution < -0.4 is 10.2 Å². The third-order valence-corrected chi connectivity index (χ3v) is 5.57. The summed E-state index contributed by atoms with van der Waals surface area (Å²) in [5, 5.41) is -0.142. The molecule has 1 unspecified atom stereocenters. The quantitative estimate of drug-likeness (QED) is 0.294. The summed E-state index contributed by atoms with van der Waals surface area (Å²) >= 11 is 0. The third-order valence-electron chi connectivity index (χ3n) is 4.87. The fourth-order valence-electron chi connectivity index (χ4n) is 2.27. The molecule has 0 saturated heterocycles. The molecule has 5 nitrogen and oxygen atoms in total. The zero-order valence-corrected chi connectivity index (χ0v) is 18.1. The molecule has 0 bridgehead atoms. The van der Waals surface area contributed by atoms with Crippen LogP contribution in [0.3, 0.4) is 0 Å². The minimum Gasteiger partial charge on any atom is -0.465 e. The number of esters is 1. The lowest BCUT2D eigenvalue weighted by Crippen LogP contribution is -2.45. The van der Waals surface area contributed by atoms with E-state index in [1.807, 2.05) is 13.8 Å². The van der Waals surface area contributed by atoms with Crippen molar-refractivity contribution >= 4 is 34.4 Å². The highest BCUT2D eigenvalue weighted by Gasteiger charge is 2.33. The van der Waals surface area contributed by atoms with Gasteiger partial charge < -0.3 is 14.1 Å². The number of hydrogen-bond acceptors (Lipinski definition) is 5. The molecule has 0 aliphatic heterocycles. The predicted molar refractivity (Wildman–Crippen MR) is 115 cm³/mol. The van der Waals surface area contributed by atoms with Gasteiger partial charge in [0.25, 0.3) is 0 Å². The minimum atomic E-state index is -0.432. The Labute approximate surface area is 169 Å². The van der Waals surface area contributed by atoms with Gasteiger partial charge in [0.2, 0.25) is 0 Å². The first kappa shape index (κ1) is 22.1. The van der Waals surface area contributed by atoms with Crippen LogP contribution in [-0.4, -0.2) is 37.6 Å². The van der Waals surface area contributed by atoms with Gasteiger partial charge >= 0.3 is 13.5 Å². The van der Waals surface area contributed by atoms with Crippen LogP contribution in [0.4, 0.5) is 0 Å². The van der Waals surface area contributed by atoms with E-state index in [1.165, 1.54) is 7.11 Å². The molecule has 0 N–H and O–H groups in total. The SMILES string of the molecule is COC(=O)c1cccc(Oc2ccc(C=O)c(BOC(C)(C)C(C)(C)P)c2)c1. The lowest BCUT2D eigenvalue weighted by molar-refractivity contribution is 0.0600. The summed E-state index contributed by atoms with van der Waals surface area (Å²) in [5.41, 5.74) is 1.27. The first-order chi connectivity index (χ1) is 13.1. The van der Waals surface area contributed by atoms with Gasteiger partial charge in [-0.05, 0) is 55.7 Å². The molecule has 0 heterocycles. The molecule has 0 aromatic heterocycles. The third kappa shape index (κ3) is 5.43. The maximum Gasteiger partial charge on any atom is 0.337 e. The first-order valence-electron chi connectivity index (χ1n) is 8.94. The molecule has 7 heteroatoms. The van der Waals surface area contributed by atoms with Crippen molar-refractivity contribution in [1.82, 2.24) is 0 Å². The molecule has 0 aliphatic rings. The van der Waals surface area contributed by atoms with E-state index < -0.39 is 11.6 Å². The summed E-state index contributed by atoms with van der Waals surface area (Å²) in [6.45, 7) is 8.18. The highest BCUT2D eigenvalue weighted by molar-refractivity contribution is 7.19. The van der Waals surface area contributed by atoms with E-state index in [2.05, 4.69) is 23.1 Å². The lowest BCUT2D eigenvalue weighted by Gasteiger charge is -2.39. The minimum absolute atomic E-state index is 0.142. The van der Waals surface area contributed by atoms with Crippen LogP contribution in [0.2, 0.25) is 0 Å². The van der Waals surface area contributed by atoms with Crippen LogP contribution in [0.15, 0.2) is 42.5 Å². The Bertz CT molecular complexity index is 858. The predicted octanol–water partition coefficient (Wildman–Crippen LogP) is 3.50. The van der Waals surface area contributed by atoms with Gasteiger partial charge in [0, 0.05) is 10.7 Å². The molecule has 1 atom stereocenters. The summed E-state index contributed by atoms with van der Waals surface area (Å²) in [6, 6.07) is 11.9. The molecule has 0 aliphatic carbocycles. The van der Waals surface area contributed by atoms with E-state index in [0.29, 0.717) is 22.6 Å². The molecule has 2 aromatic carbocycles. The van der Waals surface area contributed by atoms with Gasteiger partial charge in [-0.1, -0.05) is 19.9 Å². The Hall–Kier alpha value is -2.17. The van der Waals surface area contributed by atoms with Crippen molar-refractivity contribution in [2.45, 2.75) is 38.5 Å². The van der Waals surface area contributed by atoms with E-state index >= 15 is 0 Å². The van der Waals surface area contributed by atoms with Gasteiger partial charge in [-0.3, -0.25) is 4.79 Å². The van der Waals surface area contributed by atoms with Gasteiger partial charge in [-0.2, -0.15) is 0 Å². The van der Waals surface area contributed by atoms with E-state index in [-0.39, 0.29) is 12.6 Å². The van der Waals surface area contributed by atoms with Crippen LogP contribution in [0, 0.1) is 0 Å². The van der Waals surface area contributed by atoms with Crippen LogP contribution in [-0.2, 0) is 9.39 Å². The summed E-state index contributed by atoms with van der Waals surface area (Å²) in [7, 11) is 4.40. The Kier molecular flexibility index (Phi) is 7.03. The lowest BCUT2D eigenvalue weighted by atomic mass is 9.81. The zero-order valence-electron chi connectivity index (χ0n) is 16.9. The van der Waals surface area contributed by atoms with Gasteiger partial charge in [0.15, 0.2) is 0 Å². The summed E-state index contributed by atoms with van der Waals surface area (Å²) in [6.07, 6.45) is 0.805. The molecule has 0 spiro atoms. The molecule has 28 heavy (non-hydrogen) atoms. The maximum absolute atomic E-state index is 11.7. The first-order valence-corrected chi connectivity index (χ1v) is 9.52. The Morgan fingerprint density at radius 1 is 1.07 bits per heavy atom. The fraction of sp³-hybridized carbons (Fsp3) is 0.333. The van der Waals surface area contributed by atoms with Gasteiger partial charge in [-0.15, -0.1) is 9.24 Å². The molecule has 0 fully saturated rings. The number of aldehydes is 1. The average Bonchev–Trinajstić information content (AvgIpc) is 2.65. The van der Waals surface area contributed by atoms with Crippen molar-refractivity contribution in [2.75, 3.05) is 7.11 Å². The van der Waals surface area contributed by atoms with Crippen molar-refractivity contribution in [3.05, 3.63) is 53.6 Å². The standard InChI is InChI=1S/C21H26BO5P/c1-20(2,21(3,4)28)27-22-18-12-17(10-9-15(18)13-23)26-16-8-6-7-14(11-16)19(24)25-5/h6-13,22H,28H2,1-5H3. The normalized spacial score (nSPS) is 11.6. The van der Waals surface area contributed by atoms with Gasteiger partial charge in [0.1, 0.15) is 17.8 Å². The second kappa shape index (κ2) is 8.89. The van der Waals surface area contributed by atoms with Crippen molar-refractivity contribution in [2.24, 2.45) is 0 Å². The van der Waals surface area contributed by atoms with E-state index in [9.17, 15) is 9.59 Å². The average molecular weight is 400 g/mol. The van der Waals surface area contributed by atoms with Crippen molar-refractivity contribution in [3.8, 4) is 11.5 Å². The number of carbonyl (C=O) groups is 2. The van der Waals surface area contributed by atoms with Crippen LogP contribution in [0.25, 0.3) is 0 Å². The highest BCUT2D eigenvalue weighted by atomic mass is 31.0. The molecule has 148 valence electrons. The second-order valence-electron chi connectivity index (χ2n) is 7.62. The summed E-state index contributed by atoms with van der Waals surface area (Å²) in [4.78, 5) is 23.1. The second-order valence-corrected chi connectivity index (χ2v) is 9.06. The Balaban J connectivity index is 2.23. The maximum atomic E-state index is 11.7. The van der Waals surface area contributed by atoms with Crippen LogP contribution in [0.5, 0.6) is 11.5 Å². The Morgan fingerprint density at radius 3 is 2.36 bits per heavy atom. The van der Waals surface area contributed by atoms with Crippen molar-refractivity contribution in [3.63, 3.8) is 0 Å². The number of benzene rings is 2. The molecule has 0 saturated carbocycles. The molecular weight excluding hydrogens is 374 g/mol. The van der Waals surface area contributed by atoms with E-state index in [0.717, 1.165) is 11.7 Å². The molecule has 2 rings (SSSR count).